The number of carbonyl (C=O) groups excluding carboxylic acids is 1. The first kappa shape index (κ1) is 22.4. The van der Waals surface area contributed by atoms with Gasteiger partial charge in [0.05, 0.1) is 17.9 Å². The van der Waals surface area contributed by atoms with Gasteiger partial charge in [-0.25, -0.2) is 13.9 Å². The van der Waals surface area contributed by atoms with Crippen LogP contribution in [0.3, 0.4) is 0 Å². The second-order valence-electron chi connectivity index (χ2n) is 6.35. The summed E-state index contributed by atoms with van der Waals surface area (Å²) in [5.74, 6) is -0.278. The number of piperazine rings is 1. The molecule has 1 atom stereocenters. The minimum atomic E-state index is -0.463. The van der Waals surface area contributed by atoms with E-state index in [0.717, 1.165) is 34.4 Å². The molecule has 2 aromatic heterocycles. The third-order valence-electron chi connectivity index (χ3n) is 4.42. The van der Waals surface area contributed by atoms with Crippen LogP contribution in [0.4, 0.5) is 9.52 Å². The molecule has 28 heavy (non-hydrogen) atoms. The quantitative estimate of drug-likeness (QED) is 0.667. The minimum absolute atomic E-state index is 0. The zero-order valence-corrected chi connectivity index (χ0v) is 17.6. The second kappa shape index (κ2) is 9.04. The lowest BCUT2D eigenvalue weighted by atomic mass is 10.2. The van der Waals surface area contributed by atoms with Gasteiger partial charge < -0.3 is 15.5 Å². The standard InChI is InChI=1S/C17H19FN6OS.2ClH/c1-11(19)15(25)22-6-8-23(9-7-22)17-21-24-10-14(20-16(24)26-17)12-2-4-13(18)5-3-12;;/h2-5,10-11H,6-9,19H2,1H3;2*1H/t11-;;/m1../s1. The fourth-order valence-corrected chi connectivity index (χ4v) is 3.92. The SMILES string of the molecule is C[C@@H](N)C(=O)N1CCN(c2nn3cc(-c4ccc(F)cc4)nc3s2)CC1.Cl.Cl. The summed E-state index contributed by atoms with van der Waals surface area (Å²) >= 11 is 1.50. The van der Waals surface area contributed by atoms with E-state index in [-0.39, 0.29) is 36.5 Å². The lowest BCUT2D eigenvalue weighted by Crippen LogP contribution is -2.52. The predicted octanol–water partition coefficient (Wildman–Crippen LogP) is 2.44. The van der Waals surface area contributed by atoms with Crippen molar-refractivity contribution < 1.29 is 9.18 Å². The number of hydrogen-bond donors (Lipinski definition) is 1. The molecule has 1 aliphatic heterocycles. The van der Waals surface area contributed by atoms with Crippen LogP contribution in [0.25, 0.3) is 16.2 Å². The lowest BCUT2D eigenvalue weighted by Gasteiger charge is -2.35. The largest absolute Gasteiger partial charge is 0.343 e. The number of nitrogens with two attached hydrogens (primary N) is 1. The molecule has 1 fully saturated rings. The van der Waals surface area contributed by atoms with Crippen LogP contribution in [-0.4, -0.2) is 57.6 Å². The third-order valence-corrected chi connectivity index (χ3v) is 5.41. The van der Waals surface area contributed by atoms with Crippen LogP contribution in [0.2, 0.25) is 0 Å². The third kappa shape index (κ3) is 4.38. The zero-order chi connectivity index (χ0) is 18.3. The summed E-state index contributed by atoms with van der Waals surface area (Å²) in [7, 11) is 0. The summed E-state index contributed by atoms with van der Waals surface area (Å²) in [6, 6.07) is 5.79. The molecule has 152 valence electrons. The van der Waals surface area contributed by atoms with E-state index >= 15 is 0 Å². The molecular formula is C17H21Cl2FN6OS. The number of anilines is 1. The Labute approximate surface area is 178 Å². The Balaban J connectivity index is 0.00000140. The maximum Gasteiger partial charge on any atom is 0.239 e. The van der Waals surface area contributed by atoms with Crippen LogP contribution in [0, 0.1) is 5.82 Å². The number of halogens is 3. The van der Waals surface area contributed by atoms with Crippen molar-refractivity contribution >= 4 is 52.2 Å². The highest BCUT2D eigenvalue weighted by Crippen LogP contribution is 2.27. The van der Waals surface area contributed by atoms with Crippen LogP contribution in [0.1, 0.15) is 6.92 Å². The first-order valence-corrected chi connectivity index (χ1v) is 9.24. The molecule has 0 aliphatic carbocycles. The van der Waals surface area contributed by atoms with Crippen molar-refractivity contribution in [2.24, 2.45) is 5.73 Å². The number of amides is 1. The van der Waals surface area contributed by atoms with Gasteiger partial charge in [-0.2, -0.15) is 0 Å². The molecule has 0 unspecified atom stereocenters. The van der Waals surface area contributed by atoms with Gasteiger partial charge in [-0.15, -0.1) is 29.9 Å². The van der Waals surface area contributed by atoms with E-state index in [0.29, 0.717) is 13.1 Å². The summed E-state index contributed by atoms with van der Waals surface area (Å²) in [5.41, 5.74) is 7.29. The molecule has 3 aromatic rings. The molecule has 1 aromatic carbocycles. The smallest absolute Gasteiger partial charge is 0.239 e. The molecular weight excluding hydrogens is 426 g/mol. The Kier molecular flexibility index (Phi) is 7.22. The number of aromatic nitrogens is 3. The van der Waals surface area contributed by atoms with Gasteiger partial charge in [0.2, 0.25) is 16.0 Å². The average Bonchev–Trinajstić information content (AvgIpc) is 3.21. The Morgan fingerprint density at radius 3 is 2.39 bits per heavy atom. The summed E-state index contributed by atoms with van der Waals surface area (Å²) in [4.78, 5) is 21.3. The summed E-state index contributed by atoms with van der Waals surface area (Å²) in [6.45, 7) is 4.44. The highest BCUT2D eigenvalue weighted by atomic mass is 35.5. The van der Waals surface area contributed by atoms with Crippen molar-refractivity contribution in [1.29, 1.82) is 0 Å². The Hall–Kier alpha value is -1.94. The molecule has 0 bridgehead atoms. The van der Waals surface area contributed by atoms with Crippen molar-refractivity contribution in [3.05, 3.63) is 36.3 Å². The maximum atomic E-state index is 13.1. The minimum Gasteiger partial charge on any atom is -0.343 e. The van der Waals surface area contributed by atoms with Crippen molar-refractivity contribution in [2.75, 3.05) is 31.1 Å². The van der Waals surface area contributed by atoms with Crippen molar-refractivity contribution in [3.63, 3.8) is 0 Å². The van der Waals surface area contributed by atoms with Gasteiger partial charge in [0, 0.05) is 31.7 Å². The number of nitrogens with zero attached hydrogens (tertiary/aromatic N) is 5. The van der Waals surface area contributed by atoms with Gasteiger partial charge in [0.1, 0.15) is 5.82 Å². The monoisotopic (exact) mass is 446 g/mol. The van der Waals surface area contributed by atoms with Crippen LogP contribution in [0.5, 0.6) is 0 Å². The number of carbonyl (C=O) groups is 1. The van der Waals surface area contributed by atoms with E-state index in [4.69, 9.17) is 5.73 Å². The molecule has 0 saturated carbocycles. The average molecular weight is 447 g/mol. The zero-order valence-electron chi connectivity index (χ0n) is 15.1. The van der Waals surface area contributed by atoms with E-state index in [1.807, 2.05) is 6.20 Å². The Bertz CT molecular complexity index is 905. The molecule has 0 spiro atoms. The van der Waals surface area contributed by atoms with Crippen molar-refractivity contribution in [3.8, 4) is 11.3 Å². The molecule has 2 N–H and O–H groups in total. The first-order valence-electron chi connectivity index (χ1n) is 8.43. The number of imidazole rings is 1. The van der Waals surface area contributed by atoms with Crippen molar-refractivity contribution in [1.82, 2.24) is 19.5 Å². The van der Waals surface area contributed by atoms with Gasteiger partial charge in [-0.3, -0.25) is 4.79 Å². The number of benzene rings is 1. The van der Waals surface area contributed by atoms with E-state index in [1.54, 1.807) is 28.5 Å². The van der Waals surface area contributed by atoms with E-state index in [1.165, 1.54) is 23.5 Å². The number of fused-ring (bicyclic) bond motifs is 1. The maximum absolute atomic E-state index is 13.1. The fraction of sp³-hybridized carbons (Fsp3) is 0.353. The molecule has 0 radical (unpaired) electrons. The topological polar surface area (TPSA) is 79.8 Å². The highest BCUT2D eigenvalue weighted by Gasteiger charge is 2.25. The normalized spacial score (nSPS) is 15.1. The van der Waals surface area contributed by atoms with E-state index < -0.39 is 6.04 Å². The first-order chi connectivity index (χ1) is 12.5. The molecule has 3 heterocycles. The molecule has 1 amide bonds. The van der Waals surface area contributed by atoms with Crippen molar-refractivity contribution in [2.45, 2.75) is 13.0 Å². The highest BCUT2D eigenvalue weighted by molar-refractivity contribution is 7.20. The molecule has 1 aliphatic rings. The number of rotatable bonds is 3. The van der Waals surface area contributed by atoms with Gasteiger partial charge >= 0.3 is 0 Å². The predicted molar refractivity (Wildman–Crippen MR) is 113 cm³/mol. The summed E-state index contributed by atoms with van der Waals surface area (Å²) < 4.78 is 14.8. The summed E-state index contributed by atoms with van der Waals surface area (Å²) in [6.07, 6.45) is 1.85. The van der Waals surface area contributed by atoms with Gasteiger partial charge in [0.25, 0.3) is 0 Å². The van der Waals surface area contributed by atoms with Gasteiger partial charge in [-0.05, 0) is 31.2 Å². The molecule has 11 heteroatoms. The molecule has 4 rings (SSSR count). The number of hydrogen-bond acceptors (Lipinski definition) is 6. The fourth-order valence-electron chi connectivity index (χ4n) is 2.98. The van der Waals surface area contributed by atoms with E-state index in [2.05, 4.69) is 15.0 Å². The van der Waals surface area contributed by atoms with E-state index in [9.17, 15) is 9.18 Å². The molecule has 1 saturated heterocycles. The van der Waals surface area contributed by atoms with Gasteiger partial charge in [-0.1, -0.05) is 11.3 Å². The Morgan fingerprint density at radius 1 is 1.18 bits per heavy atom. The second-order valence-corrected chi connectivity index (χ2v) is 7.28. The summed E-state index contributed by atoms with van der Waals surface area (Å²) in [5, 5.41) is 5.48. The van der Waals surface area contributed by atoms with Gasteiger partial charge in [0.15, 0.2) is 0 Å². The lowest BCUT2D eigenvalue weighted by molar-refractivity contribution is -0.132. The van der Waals surface area contributed by atoms with Crippen LogP contribution >= 0.6 is 36.2 Å². The van der Waals surface area contributed by atoms with Crippen LogP contribution < -0.4 is 10.6 Å². The Morgan fingerprint density at radius 2 is 1.82 bits per heavy atom. The molecule has 7 nitrogen and oxygen atoms in total. The van der Waals surface area contributed by atoms with Crippen LogP contribution in [0.15, 0.2) is 30.5 Å². The van der Waals surface area contributed by atoms with Crippen LogP contribution in [-0.2, 0) is 4.79 Å².